The lowest BCUT2D eigenvalue weighted by Crippen LogP contribution is -2.66. The quantitative estimate of drug-likeness (QED) is 0.306. The molecule has 0 bridgehead atoms. The first-order valence-corrected chi connectivity index (χ1v) is 13.7. The number of ether oxygens (including phenoxy) is 1. The van der Waals surface area contributed by atoms with Gasteiger partial charge in [-0.1, -0.05) is 69.6 Å². The van der Waals surface area contributed by atoms with E-state index >= 15 is 0 Å². The van der Waals surface area contributed by atoms with Crippen LogP contribution in [-0.4, -0.2) is 48.5 Å². The Morgan fingerprint density at radius 2 is 1.70 bits per heavy atom. The van der Waals surface area contributed by atoms with Gasteiger partial charge in [0.25, 0.3) is 0 Å². The molecular weight excluding hydrogens is 482 g/mol. The first-order valence-electron chi connectivity index (χ1n) is 13.4. The zero-order valence-corrected chi connectivity index (χ0v) is 23.7. The van der Waals surface area contributed by atoms with Crippen molar-refractivity contribution >= 4 is 23.1 Å². The molecule has 1 saturated heterocycles. The number of nitrogens with one attached hydrogen (secondary N) is 1. The highest BCUT2D eigenvalue weighted by atomic mass is 35.5. The number of ketones is 1. The summed E-state index contributed by atoms with van der Waals surface area (Å²) in [5.74, 6) is 1.03. The third kappa shape index (κ3) is 5.58. The van der Waals surface area contributed by atoms with Crippen LogP contribution < -0.4 is 10.1 Å². The molecule has 0 unspecified atom stereocenters. The van der Waals surface area contributed by atoms with Crippen LogP contribution in [0.25, 0.3) is 4.85 Å². The zero-order valence-electron chi connectivity index (χ0n) is 23.0. The second-order valence-electron chi connectivity index (χ2n) is 12.1. The fourth-order valence-electron chi connectivity index (χ4n) is 6.83. The number of benzene rings is 2. The summed E-state index contributed by atoms with van der Waals surface area (Å²) in [6.45, 7) is 23.6. The molecule has 1 heterocycles. The Morgan fingerprint density at radius 3 is 2.27 bits per heavy atom. The summed E-state index contributed by atoms with van der Waals surface area (Å²) in [5.41, 5.74) is 2.12. The zero-order chi connectivity index (χ0) is 27.0. The van der Waals surface area contributed by atoms with Crippen LogP contribution in [0.3, 0.4) is 0 Å². The third-order valence-corrected chi connectivity index (χ3v) is 9.08. The summed E-state index contributed by atoms with van der Waals surface area (Å²) >= 11 is 6.22. The van der Waals surface area contributed by atoms with Gasteiger partial charge >= 0.3 is 0 Å². The summed E-state index contributed by atoms with van der Waals surface area (Å²) in [6, 6.07) is 14.5. The van der Waals surface area contributed by atoms with E-state index in [1.165, 1.54) is 5.56 Å². The van der Waals surface area contributed by atoms with Gasteiger partial charge in [0.05, 0.1) is 11.6 Å². The lowest BCUT2D eigenvalue weighted by molar-refractivity contribution is -0.196. The number of hydrogen-bond donors (Lipinski definition) is 1. The predicted octanol–water partition coefficient (Wildman–Crippen LogP) is 6.82. The number of rotatable bonds is 8. The minimum absolute atomic E-state index is 0.0650. The van der Waals surface area contributed by atoms with Crippen molar-refractivity contribution in [3.63, 3.8) is 0 Å². The van der Waals surface area contributed by atoms with Gasteiger partial charge in [0.1, 0.15) is 11.9 Å². The number of hydrogen-bond acceptors (Lipinski definition) is 4. The third-order valence-electron chi connectivity index (χ3n) is 8.78. The summed E-state index contributed by atoms with van der Waals surface area (Å²) in [4.78, 5) is 19.3. The van der Waals surface area contributed by atoms with Crippen molar-refractivity contribution in [3.05, 3.63) is 70.0 Å². The Kier molecular flexibility index (Phi) is 8.04. The number of nitrogens with zero attached hydrogens (tertiary/aromatic N) is 2. The van der Waals surface area contributed by atoms with Crippen molar-refractivity contribution in [1.29, 1.82) is 0 Å². The van der Waals surface area contributed by atoms with E-state index in [-0.39, 0.29) is 28.6 Å². The van der Waals surface area contributed by atoms with Crippen molar-refractivity contribution < 1.29 is 9.53 Å². The number of carbonyl (C=O) groups excluding carboxylic acids is 1. The second-order valence-corrected chi connectivity index (χ2v) is 12.5. The maximum atomic E-state index is 13.3. The Bertz CT molecular complexity index is 1140. The van der Waals surface area contributed by atoms with Gasteiger partial charge in [-0.2, -0.15) is 0 Å². The Hall–Kier alpha value is -2.39. The molecule has 2 aliphatic rings. The average Bonchev–Trinajstić information content (AvgIpc) is 2.85. The molecule has 2 atom stereocenters. The maximum absolute atomic E-state index is 13.3. The normalized spacial score (nSPS) is 26.6. The summed E-state index contributed by atoms with van der Waals surface area (Å²) < 4.78 is 6.38. The van der Waals surface area contributed by atoms with Crippen LogP contribution in [0.1, 0.15) is 63.9 Å². The fourth-order valence-corrected chi connectivity index (χ4v) is 7.05. The molecule has 0 amide bonds. The number of piperazine rings is 1. The smallest absolute Gasteiger partial charge is 0.205 e. The Morgan fingerprint density at radius 1 is 1.08 bits per heavy atom. The number of halogens is 1. The number of Topliss-reactive ketones (excluding diaryl/α,β-unsaturated/α-hetero) is 1. The van der Waals surface area contributed by atoms with Crippen LogP contribution in [0.4, 0.5) is 5.69 Å². The van der Waals surface area contributed by atoms with Crippen molar-refractivity contribution in [2.75, 3.05) is 19.6 Å². The molecule has 0 aromatic heterocycles. The van der Waals surface area contributed by atoms with E-state index in [0.29, 0.717) is 35.0 Å². The van der Waals surface area contributed by atoms with E-state index in [9.17, 15) is 4.79 Å². The van der Waals surface area contributed by atoms with E-state index in [1.54, 1.807) is 18.2 Å². The molecule has 198 valence electrons. The minimum atomic E-state index is -0.180. The van der Waals surface area contributed by atoms with Gasteiger partial charge in [0.2, 0.25) is 5.69 Å². The SMILES string of the molecule is [C-]#[N+]c1ccc(OC2C(C)(C)C(CC(=O)c3ccc(CCN4[C@H](C)CNC[C@@H]4C)cc3)C2(C)C)cc1Cl. The van der Waals surface area contributed by atoms with Crippen molar-refractivity contribution in [3.8, 4) is 5.75 Å². The topological polar surface area (TPSA) is 45.9 Å². The van der Waals surface area contributed by atoms with Gasteiger partial charge in [-0.3, -0.25) is 9.69 Å². The van der Waals surface area contributed by atoms with Crippen LogP contribution in [0.5, 0.6) is 5.75 Å². The molecule has 1 aliphatic carbocycles. The first-order chi connectivity index (χ1) is 17.4. The van der Waals surface area contributed by atoms with Crippen LogP contribution in [-0.2, 0) is 6.42 Å². The molecule has 0 radical (unpaired) electrons. The lowest BCUT2D eigenvalue weighted by Gasteiger charge is -2.63. The maximum Gasteiger partial charge on any atom is 0.205 e. The fraction of sp³-hybridized carbons (Fsp3) is 0.548. The van der Waals surface area contributed by atoms with E-state index in [1.807, 2.05) is 12.1 Å². The first kappa shape index (κ1) is 27.6. The Balaban J connectivity index is 1.36. The largest absolute Gasteiger partial charge is 0.489 e. The van der Waals surface area contributed by atoms with Gasteiger partial charge in [-0.05, 0) is 43.9 Å². The van der Waals surface area contributed by atoms with Crippen LogP contribution in [0.15, 0.2) is 42.5 Å². The molecule has 5 nitrogen and oxygen atoms in total. The van der Waals surface area contributed by atoms with Gasteiger partial charge in [0.15, 0.2) is 5.78 Å². The lowest BCUT2D eigenvalue weighted by atomic mass is 9.44. The predicted molar refractivity (Wildman–Crippen MR) is 151 cm³/mol. The molecular formula is C31H40ClN3O2. The van der Waals surface area contributed by atoms with E-state index in [4.69, 9.17) is 22.9 Å². The monoisotopic (exact) mass is 521 g/mol. The van der Waals surface area contributed by atoms with E-state index in [2.05, 4.69) is 68.7 Å². The van der Waals surface area contributed by atoms with Crippen molar-refractivity contribution in [2.24, 2.45) is 16.7 Å². The average molecular weight is 522 g/mol. The minimum Gasteiger partial charge on any atom is -0.489 e. The van der Waals surface area contributed by atoms with Gasteiger partial charge in [0, 0.05) is 54.5 Å². The Labute approximate surface area is 227 Å². The van der Waals surface area contributed by atoms with Gasteiger partial charge < -0.3 is 10.1 Å². The molecule has 1 aliphatic heterocycles. The standard InChI is InChI=1S/C31H40ClN3O2/c1-20-18-34-19-21(2)35(20)15-14-22-8-10-23(11-9-22)27(36)17-28-30(3,4)29(31(28,5)6)37-24-12-13-26(33-7)25(32)16-24/h8-13,16,20-21,28-29,34H,14-15,17-19H2,1-6H3/t20-,21+,28?,29?. The summed E-state index contributed by atoms with van der Waals surface area (Å²) in [7, 11) is 0. The second kappa shape index (κ2) is 10.8. The van der Waals surface area contributed by atoms with Gasteiger partial charge in [-0.25, -0.2) is 4.85 Å². The van der Waals surface area contributed by atoms with Crippen LogP contribution in [0, 0.1) is 23.3 Å². The molecule has 2 fully saturated rings. The molecule has 6 heteroatoms. The van der Waals surface area contributed by atoms with E-state index < -0.39 is 0 Å². The highest BCUT2D eigenvalue weighted by molar-refractivity contribution is 6.33. The molecule has 1 N–H and O–H groups in total. The molecule has 37 heavy (non-hydrogen) atoms. The van der Waals surface area contributed by atoms with E-state index in [0.717, 1.165) is 31.6 Å². The van der Waals surface area contributed by atoms with Crippen molar-refractivity contribution in [2.45, 2.75) is 72.6 Å². The van der Waals surface area contributed by atoms with Crippen molar-refractivity contribution in [1.82, 2.24) is 10.2 Å². The summed E-state index contributed by atoms with van der Waals surface area (Å²) in [6.07, 6.45) is 1.42. The van der Waals surface area contributed by atoms with Crippen LogP contribution in [0.2, 0.25) is 5.02 Å². The van der Waals surface area contributed by atoms with Gasteiger partial charge in [-0.15, -0.1) is 0 Å². The molecule has 1 saturated carbocycles. The highest BCUT2D eigenvalue weighted by Gasteiger charge is 2.63. The molecule has 2 aromatic carbocycles. The molecule has 4 rings (SSSR count). The van der Waals surface area contributed by atoms with Crippen LogP contribution >= 0.6 is 11.6 Å². The highest BCUT2D eigenvalue weighted by Crippen LogP contribution is 2.61. The number of carbonyl (C=O) groups is 1. The molecule has 0 spiro atoms. The molecule has 2 aromatic rings. The summed E-state index contributed by atoms with van der Waals surface area (Å²) in [5, 5.41) is 3.89.